The van der Waals surface area contributed by atoms with E-state index in [-0.39, 0.29) is 24.5 Å². The number of hydrogen-bond donors (Lipinski definition) is 1. The van der Waals surface area contributed by atoms with E-state index in [0.717, 1.165) is 31.2 Å². The molecule has 1 unspecified atom stereocenters. The Balaban J connectivity index is 1.70. The van der Waals surface area contributed by atoms with Crippen LogP contribution in [0.4, 0.5) is 0 Å². The topological polar surface area (TPSA) is 67.9 Å². The fourth-order valence-electron chi connectivity index (χ4n) is 3.89. The van der Waals surface area contributed by atoms with Crippen LogP contribution in [0.5, 0.6) is 11.5 Å². The molecule has 2 amide bonds. The third kappa shape index (κ3) is 6.48. The minimum Gasteiger partial charge on any atom is -0.493 e. The van der Waals surface area contributed by atoms with E-state index in [1.54, 1.807) is 31.1 Å². The smallest absolute Gasteiger partial charge is 0.261 e. The van der Waals surface area contributed by atoms with E-state index in [4.69, 9.17) is 9.47 Å². The Morgan fingerprint density at radius 2 is 1.65 bits per heavy atom. The minimum atomic E-state index is -0.601. The first-order valence-corrected chi connectivity index (χ1v) is 11.0. The molecule has 1 saturated carbocycles. The highest BCUT2D eigenvalue weighted by Gasteiger charge is 2.28. The molecular weight excluding hydrogens is 392 g/mol. The molecule has 1 aliphatic carbocycles. The average molecular weight is 425 g/mol. The van der Waals surface area contributed by atoms with Gasteiger partial charge in [-0.25, -0.2) is 0 Å². The van der Waals surface area contributed by atoms with Crippen LogP contribution >= 0.6 is 0 Å². The van der Waals surface area contributed by atoms with Crippen molar-refractivity contribution < 1.29 is 19.1 Å². The second-order valence-corrected chi connectivity index (χ2v) is 7.97. The van der Waals surface area contributed by atoms with Crippen LogP contribution in [0.15, 0.2) is 54.6 Å². The molecule has 6 heteroatoms. The fraction of sp³-hybridized carbons (Fsp3) is 0.440. The summed E-state index contributed by atoms with van der Waals surface area (Å²) in [6.45, 7) is 1.95. The van der Waals surface area contributed by atoms with Crippen LogP contribution in [-0.4, -0.2) is 42.5 Å². The third-order valence-electron chi connectivity index (χ3n) is 5.73. The summed E-state index contributed by atoms with van der Waals surface area (Å²) >= 11 is 0. The van der Waals surface area contributed by atoms with Crippen molar-refractivity contribution in [2.75, 3.05) is 13.7 Å². The van der Waals surface area contributed by atoms with E-state index in [9.17, 15) is 9.59 Å². The molecule has 1 N–H and O–H groups in total. The number of carbonyl (C=O) groups is 2. The van der Waals surface area contributed by atoms with Crippen LogP contribution in [0.3, 0.4) is 0 Å². The number of benzene rings is 2. The fourth-order valence-corrected chi connectivity index (χ4v) is 3.89. The first kappa shape index (κ1) is 22.7. The maximum atomic E-state index is 13.1. The molecule has 0 radical (unpaired) electrons. The van der Waals surface area contributed by atoms with Gasteiger partial charge in [-0.15, -0.1) is 0 Å². The molecule has 0 aromatic heterocycles. The summed E-state index contributed by atoms with van der Waals surface area (Å²) in [5.41, 5.74) is 0.963. The lowest BCUT2D eigenvalue weighted by atomic mass is 9.95. The van der Waals surface area contributed by atoms with Gasteiger partial charge in [-0.1, -0.05) is 61.7 Å². The van der Waals surface area contributed by atoms with E-state index in [0.29, 0.717) is 18.0 Å². The number of amides is 2. The molecule has 0 saturated heterocycles. The predicted octanol–water partition coefficient (Wildman–Crippen LogP) is 3.94. The standard InChI is InChI=1S/C25H32N2O4/c1-19(25(29)26-21-13-7-4-8-14-21)27(17-20-11-5-3-6-12-20)24(28)18-31-23-16-10-9-15-22(23)30-2/h3,5-6,9-12,15-16,19,21H,4,7-8,13-14,17-18H2,1-2H3,(H,26,29). The van der Waals surface area contributed by atoms with Crippen LogP contribution in [0.25, 0.3) is 0 Å². The van der Waals surface area contributed by atoms with Gasteiger partial charge in [-0.3, -0.25) is 9.59 Å². The lowest BCUT2D eigenvalue weighted by Gasteiger charge is -2.31. The highest BCUT2D eigenvalue weighted by atomic mass is 16.5. The molecule has 0 bridgehead atoms. The van der Waals surface area contributed by atoms with Crippen molar-refractivity contribution in [3.63, 3.8) is 0 Å². The van der Waals surface area contributed by atoms with E-state index in [1.165, 1.54) is 6.42 Å². The Bertz CT molecular complexity index is 850. The first-order chi connectivity index (χ1) is 15.1. The van der Waals surface area contributed by atoms with Gasteiger partial charge in [-0.2, -0.15) is 0 Å². The highest BCUT2D eigenvalue weighted by molar-refractivity contribution is 5.88. The normalized spacial score (nSPS) is 15.0. The van der Waals surface area contributed by atoms with Crippen LogP contribution in [-0.2, 0) is 16.1 Å². The van der Waals surface area contributed by atoms with Gasteiger partial charge in [-0.05, 0) is 37.5 Å². The Morgan fingerprint density at radius 1 is 1.00 bits per heavy atom. The van der Waals surface area contributed by atoms with Gasteiger partial charge in [0.1, 0.15) is 6.04 Å². The number of para-hydroxylation sites is 2. The van der Waals surface area contributed by atoms with Gasteiger partial charge >= 0.3 is 0 Å². The van der Waals surface area contributed by atoms with Crippen LogP contribution in [0, 0.1) is 0 Å². The van der Waals surface area contributed by atoms with Gasteiger partial charge in [0, 0.05) is 12.6 Å². The summed E-state index contributed by atoms with van der Waals surface area (Å²) in [7, 11) is 1.56. The van der Waals surface area contributed by atoms with E-state index in [2.05, 4.69) is 5.32 Å². The molecule has 166 valence electrons. The monoisotopic (exact) mass is 424 g/mol. The Hall–Kier alpha value is -3.02. The first-order valence-electron chi connectivity index (χ1n) is 11.0. The van der Waals surface area contributed by atoms with Gasteiger partial charge in [0.25, 0.3) is 5.91 Å². The van der Waals surface area contributed by atoms with Crippen molar-refractivity contribution in [1.29, 1.82) is 0 Å². The van der Waals surface area contributed by atoms with Crippen molar-refractivity contribution in [1.82, 2.24) is 10.2 Å². The lowest BCUT2D eigenvalue weighted by molar-refractivity contribution is -0.142. The largest absolute Gasteiger partial charge is 0.493 e. The zero-order chi connectivity index (χ0) is 22.1. The molecule has 1 aliphatic rings. The SMILES string of the molecule is COc1ccccc1OCC(=O)N(Cc1ccccc1)C(C)C(=O)NC1CCCCC1. The number of nitrogens with one attached hydrogen (secondary N) is 1. The van der Waals surface area contributed by atoms with Crippen LogP contribution < -0.4 is 14.8 Å². The molecule has 2 aromatic carbocycles. The van der Waals surface area contributed by atoms with Crippen molar-refractivity contribution in [2.24, 2.45) is 0 Å². The summed E-state index contributed by atoms with van der Waals surface area (Å²) < 4.78 is 11.0. The summed E-state index contributed by atoms with van der Waals surface area (Å²) in [6, 6.07) is 16.5. The molecule has 1 fully saturated rings. The van der Waals surface area contributed by atoms with Gasteiger partial charge in [0.15, 0.2) is 18.1 Å². The van der Waals surface area contributed by atoms with Crippen LogP contribution in [0.2, 0.25) is 0 Å². The predicted molar refractivity (Wildman–Crippen MR) is 120 cm³/mol. The molecule has 2 aromatic rings. The molecule has 0 heterocycles. The van der Waals surface area contributed by atoms with Crippen LogP contribution in [0.1, 0.15) is 44.6 Å². The summed E-state index contributed by atoms with van der Waals surface area (Å²) in [6.07, 6.45) is 5.50. The van der Waals surface area contributed by atoms with Crippen molar-refractivity contribution in [3.05, 3.63) is 60.2 Å². The summed E-state index contributed by atoms with van der Waals surface area (Å²) in [5, 5.41) is 3.14. The maximum Gasteiger partial charge on any atom is 0.261 e. The Morgan fingerprint density at radius 3 is 2.32 bits per heavy atom. The highest BCUT2D eigenvalue weighted by Crippen LogP contribution is 2.26. The molecule has 0 aliphatic heterocycles. The Labute approximate surface area is 184 Å². The zero-order valence-electron chi connectivity index (χ0n) is 18.4. The second-order valence-electron chi connectivity index (χ2n) is 7.97. The molecule has 1 atom stereocenters. The number of carbonyl (C=O) groups excluding carboxylic acids is 2. The van der Waals surface area contributed by atoms with Crippen molar-refractivity contribution in [3.8, 4) is 11.5 Å². The number of nitrogens with zero attached hydrogens (tertiary/aromatic N) is 1. The number of hydrogen-bond acceptors (Lipinski definition) is 4. The quantitative estimate of drug-likeness (QED) is 0.662. The van der Waals surface area contributed by atoms with Gasteiger partial charge < -0.3 is 19.7 Å². The van der Waals surface area contributed by atoms with Crippen molar-refractivity contribution in [2.45, 2.75) is 57.7 Å². The second kappa shape index (κ2) is 11.4. The maximum absolute atomic E-state index is 13.1. The molecular formula is C25H32N2O4. The minimum absolute atomic E-state index is 0.117. The average Bonchev–Trinajstić information content (AvgIpc) is 2.82. The molecule has 3 rings (SSSR count). The third-order valence-corrected chi connectivity index (χ3v) is 5.73. The molecule has 6 nitrogen and oxygen atoms in total. The number of rotatable bonds is 9. The lowest BCUT2D eigenvalue weighted by Crippen LogP contribution is -2.51. The zero-order valence-corrected chi connectivity index (χ0v) is 18.4. The number of methoxy groups -OCH3 is 1. The molecule has 0 spiro atoms. The number of ether oxygens (including phenoxy) is 2. The van der Waals surface area contributed by atoms with Gasteiger partial charge in [0.2, 0.25) is 5.91 Å². The van der Waals surface area contributed by atoms with Crippen molar-refractivity contribution >= 4 is 11.8 Å². The van der Waals surface area contributed by atoms with Gasteiger partial charge in [0.05, 0.1) is 7.11 Å². The van der Waals surface area contributed by atoms with E-state index >= 15 is 0 Å². The summed E-state index contributed by atoms with van der Waals surface area (Å²) in [4.78, 5) is 27.7. The Kier molecular flexibility index (Phi) is 8.33. The summed E-state index contributed by atoms with van der Waals surface area (Å²) in [5.74, 6) is 0.694. The van der Waals surface area contributed by atoms with E-state index in [1.807, 2.05) is 42.5 Å². The van der Waals surface area contributed by atoms with E-state index < -0.39 is 6.04 Å². The molecule has 31 heavy (non-hydrogen) atoms.